The Morgan fingerprint density at radius 2 is 1.77 bits per heavy atom. The molecule has 0 amide bonds. The number of hydrogen-bond acceptors (Lipinski definition) is 3. The van der Waals surface area contributed by atoms with E-state index in [4.69, 9.17) is 9.62 Å². The van der Waals surface area contributed by atoms with Gasteiger partial charge in [0.1, 0.15) is 5.76 Å². The molecule has 0 bridgehead atoms. The van der Waals surface area contributed by atoms with Gasteiger partial charge < -0.3 is 4.52 Å². The molecule has 0 unspecified atom stereocenters. The van der Waals surface area contributed by atoms with Crippen LogP contribution in [0.15, 0.2) is 71.4 Å². The SMILES string of the molecule is C[C@@H]1c2oncc2C[C@]2(c3ccccc3)c3c(c(-c4ccccc4)nn3C)CC[C@@H]12. The average molecular weight is 396 g/mol. The third-order valence-electron chi connectivity index (χ3n) is 7.40. The number of rotatable bonds is 2. The smallest absolute Gasteiger partial charge is 0.143 e. The van der Waals surface area contributed by atoms with Gasteiger partial charge in [0.2, 0.25) is 0 Å². The van der Waals surface area contributed by atoms with Gasteiger partial charge in [-0.05, 0) is 30.7 Å². The fraction of sp³-hybridized carbons (Fsp3) is 0.308. The second-order valence-electron chi connectivity index (χ2n) is 8.83. The van der Waals surface area contributed by atoms with E-state index in [0.717, 1.165) is 30.7 Å². The van der Waals surface area contributed by atoms with E-state index in [1.165, 1.54) is 27.9 Å². The van der Waals surface area contributed by atoms with Crippen molar-refractivity contribution in [3.05, 3.63) is 95.0 Å². The molecule has 30 heavy (non-hydrogen) atoms. The van der Waals surface area contributed by atoms with Crippen LogP contribution in [0.3, 0.4) is 0 Å². The van der Waals surface area contributed by atoms with Gasteiger partial charge in [0, 0.05) is 35.1 Å². The Morgan fingerprint density at radius 3 is 2.53 bits per heavy atom. The average Bonchev–Trinajstić information content (AvgIpc) is 3.40. The minimum absolute atomic E-state index is 0.123. The molecule has 6 rings (SSSR count). The summed E-state index contributed by atoms with van der Waals surface area (Å²) in [5.74, 6) is 1.84. The summed E-state index contributed by atoms with van der Waals surface area (Å²) in [5, 5.41) is 9.24. The van der Waals surface area contributed by atoms with Crippen molar-refractivity contribution in [1.29, 1.82) is 0 Å². The molecule has 0 spiro atoms. The van der Waals surface area contributed by atoms with Crippen molar-refractivity contribution >= 4 is 0 Å². The van der Waals surface area contributed by atoms with Crippen LogP contribution in [0.5, 0.6) is 0 Å². The van der Waals surface area contributed by atoms with Crippen molar-refractivity contribution in [2.24, 2.45) is 13.0 Å². The molecular weight excluding hydrogens is 370 g/mol. The van der Waals surface area contributed by atoms with Crippen LogP contribution in [0.1, 0.15) is 47.4 Å². The topological polar surface area (TPSA) is 43.9 Å². The van der Waals surface area contributed by atoms with Gasteiger partial charge in [0.15, 0.2) is 0 Å². The highest BCUT2D eigenvalue weighted by Gasteiger charge is 2.54. The molecule has 0 N–H and O–H groups in total. The van der Waals surface area contributed by atoms with Crippen LogP contribution in [0.4, 0.5) is 0 Å². The Labute approximate surface area is 176 Å². The van der Waals surface area contributed by atoms with E-state index in [-0.39, 0.29) is 5.41 Å². The van der Waals surface area contributed by atoms with Crippen molar-refractivity contribution < 1.29 is 4.52 Å². The third-order valence-corrected chi connectivity index (χ3v) is 7.40. The summed E-state index contributed by atoms with van der Waals surface area (Å²) in [6.45, 7) is 2.31. The Balaban J connectivity index is 1.65. The summed E-state index contributed by atoms with van der Waals surface area (Å²) in [6, 6.07) is 21.6. The molecule has 4 nitrogen and oxygen atoms in total. The zero-order valence-corrected chi connectivity index (χ0v) is 17.4. The van der Waals surface area contributed by atoms with Crippen LogP contribution in [0.2, 0.25) is 0 Å². The second kappa shape index (κ2) is 6.43. The Bertz CT molecular complexity index is 1210. The lowest BCUT2D eigenvalue weighted by Crippen LogP contribution is -2.48. The Hall–Kier alpha value is -3.14. The van der Waals surface area contributed by atoms with Gasteiger partial charge in [0.05, 0.1) is 17.6 Å². The molecule has 2 aliphatic carbocycles. The summed E-state index contributed by atoms with van der Waals surface area (Å²) in [7, 11) is 2.12. The molecule has 4 aromatic rings. The van der Waals surface area contributed by atoms with Gasteiger partial charge in [-0.25, -0.2) is 0 Å². The number of hydrogen-bond donors (Lipinski definition) is 0. The van der Waals surface area contributed by atoms with Crippen LogP contribution in [0.25, 0.3) is 11.3 Å². The molecule has 0 saturated carbocycles. The maximum Gasteiger partial charge on any atom is 0.143 e. The monoisotopic (exact) mass is 395 g/mol. The molecular formula is C26H25N3O. The molecule has 2 aromatic heterocycles. The van der Waals surface area contributed by atoms with Gasteiger partial charge >= 0.3 is 0 Å². The first-order valence-corrected chi connectivity index (χ1v) is 10.8. The van der Waals surface area contributed by atoms with E-state index in [0.29, 0.717) is 11.8 Å². The van der Waals surface area contributed by atoms with Crippen LogP contribution >= 0.6 is 0 Å². The van der Waals surface area contributed by atoms with E-state index in [1.54, 1.807) is 0 Å². The second-order valence-corrected chi connectivity index (χ2v) is 8.83. The van der Waals surface area contributed by atoms with Crippen LogP contribution in [0, 0.1) is 5.92 Å². The zero-order valence-electron chi connectivity index (χ0n) is 17.4. The first-order valence-electron chi connectivity index (χ1n) is 10.8. The predicted octanol–water partition coefficient (Wildman–Crippen LogP) is 5.28. The highest BCUT2D eigenvalue weighted by Crippen LogP contribution is 2.57. The van der Waals surface area contributed by atoms with Crippen LogP contribution in [-0.2, 0) is 25.3 Å². The Morgan fingerprint density at radius 1 is 1.03 bits per heavy atom. The quantitative estimate of drug-likeness (QED) is 0.464. The molecule has 0 fully saturated rings. The summed E-state index contributed by atoms with van der Waals surface area (Å²) >= 11 is 0. The molecule has 2 heterocycles. The lowest BCUT2D eigenvalue weighted by molar-refractivity contribution is 0.185. The van der Waals surface area contributed by atoms with Gasteiger partial charge in [-0.3, -0.25) is 4.68 Å². The number of aryl methyl sites for hydroxylation is 1. The summed E-state index contributed by atoms with van der Waals surface area (Å²) in [6.07, 6.45) is 5.00. The predicted molar refractivity (Wildman–Crippen MR) is 116 cm³/mol. The van der Waals surface area contributed by atoms with E-state index in [9.17, 15) is 0 Å². The first kappa shape index (κ1) is 17.7. The number of benzene rings is 2. The van der Waals surface area contributed by atoms with Gasteiger partial charge in [-0.2, -0.15) is 5.10 Å². The van der Waals surface area contributed by atoms with Gasteiger partial charge in [0.25, 0.3) is 0 Å². The fourth-order valence-corrected chi connectivity index (χ4v) is 6.25. The van der Waals surface area contributed by atoms with E-state index in [1.807, 2.05) is 6.20 Å². The van der Waals surface area contributed by atoms with E-state index in [2.05, 4.69) is 84.5 Å². The molecule has 0 aliphatic heterocycles. The molecule has 2 aliphatic rings. The van der Waals surface area contributed by atoms with Gasteiger partial charge in [-0.15, -0.1) is 0 Å². The maximum atomic E-state index is 5.72. The molecule has 3 atom stereocenters. The van der Waals surface area contributed by atoms with Crippen molar-refractivity contribution in [1.82, 2.24) is 14.9 Å². The lowest BCUT2D eigenvalue weighted by Gasteiger charge is -2.49. The van der Waals surface area contributed by atoms with Crippen molar-refractivity contribution in [3.8, 4) is 11.3 Å². The normalized spacial score (nSPS) is 24.7. The van der Waals surface area contributed by atoms with E-state index < -0.39 is 0 Å². The van der Waals surface area contributed by atoms with Crippen LogP contribution in [-0.4, -0.2) is 14.9 Å². The Kier molecular flexibility index (Phi) is 3.79. The minimum Gasteiger partial charge on any atom is -0.361 e. The largest absolute Gasteiger partial charge is 0.361 e. The molecule has 4 heteroatoms. The standard InChI is InChI=1S/C26H25N3O/c1-17-22-14-13-21-23(18-9-5-3-6-10-18)28-29(2)25(21)26(22,20-11-7-4-8-12-20)15-19-16-27-30-24(17)19/h3-12,16-17,22H,13-15H2,1-2H3/t17-,22-,26+/m0/s1. The zero-order chi connectivity index (χ0) is 20.3. The van der Waals surface area contributed by atoms with Crippen molar-refractivity contribution in [2.75, 3.05) is 0 Å². The highest BCUT2D eigenvalue weighted by molar-refractivity contribution is 5.67. The number of aromatic nitrogens is 3. The first-order chi connectivity index (χ1) is 14.7. The molecule has 0 radical (unpaired) electrons. The van der Waals surface area contributed by atoms with Crippen molar-refractivity contribution in [3.63, 3.8) is 0 Å². The van der Waals surface area contributed by atoms with Gasteiger partial charge in [-0.1, -0.05) is 72.7 Å². The maximum absolute atomic E-state index is 5.72. The molecule has 0 saturated heterocycles. The molecule has 2 aromatic carbocycles. The summed E-state index contributed by atoms with van der Waals surface area (Å²) in [5.41, 5.74) is 7.58. The fourth-order valence-electron chi connectivity index (χ4n) is 6.25. The van der Waals surface area contributed by atoms with Crippen LogP contribution < -0.4 is 0 Å². The summed E-state index contributed by atoms with van der Waals surface area (Å²) < 4.78 is 7.87. The minimum atomic E-state index is -0.123. The number of nitrogens with zero attached hydrogens (tertiary/aromatic N) is 3. The summed E-state index contributed by atoms with van der Waals surface area (Å²) in [4.78, 5) is 0. The highest BCUT2D eigenvalue weighted by atomic mass is 16.5. The lowest BCUT2D eigenvalue weighted by atomic mass is 9.53. The third kappa shape index (κ3) is 2.28. The number of fused-ring (bicyclic) bond motifs is 4. The molecule has 150 valence electrons. The van der Waals surface area contributed by atoms with E-state index >= 15 is 0 Å². The van der Waals surface area contributed by atoms with Crippen molar-refractivity contribution in [2.45, 2.75) is 37.5 Å².